The molecular weight excluding hydrogens is 332 g/mol. The van der Waals surface area contributed by atoms with E-state index in [-0.39, 0.29) is 10.6 Å². The summed E-state index contributed by atoms with van der Waals surface area (Å²) in [6, 6.07) is 6.69. The van der Waals surface area contributed by atoms with E-state index in [9.17, 15) is 10.1 Å². The Bertz CT molecular complexity index is 743. The first kappa shape index (κ1) is 17.7. The molecule has 0 unspecified atom stereocenters. The third-order valence-corrected chi connectivity index (χ3v) is 4.48. The molecule has 0 aliphatic carbocycles. The second kappa shape index (κ2) is 7.81. The number of hydrogen-bond acceptors (Lipinski definition) is 7. The molecular formula is C18H22N6O2+2. The first-order valence-corrected chi connectivity index (χ1v) is 8.46. The molecule has 0 spiro atoms. The van der Waals surface area contributed by atoms with Gasteiger partial charge in [0.1, 0.15) is 12.4 Å². The van der Waals surface area contributed by atoms with Crippen LogP contribution in [0.4, 0.5) is 11.4 Å². The van der Waals surface area contributed by atoms with Crippen molar-refractivity contribution in [2.45, 2.75) is 12.8 Å². The Kier molecular flexibility index (Phi) is 5.31. The Labute approximate surface area is 152 Å². The van der Waals surface area contributed by atoms with Crippen LogP contribution in [0.5, 0.6) is 0 Å². The summed E-state index contributed by atoms with van der Waals surface area (Å²) >= 11 is 0. The molecule has 0 bridgehead atoms. The van der Waals surface area contributed by atoms with E-state index in [0.29, 0.717) is 0 Å². The maximum atomic E-state index is 10.9. The van der Waals surface area contributed by atoms with Gasteiger partial charge >= 0.3 is 0 Å². The van der Waals surface area contributed by atoms with Crippen molar-refractivity contribution in [3.05, 3.63) is 59.2 Å². The molecule has 2 aliphatic rings. The summed E-state index contributed by atoms with van der Waals surface area (Å²) in [5, 5.41) is 10.9. The number of rotatable bonds is 8. The second-order valence-corrected chi connectivity index (χ2v) is 6.17. The molecule has 1 aromatic carbocycles. The fourth-order valence-electron chi connectivity index (χ4n) is 2.90. The van der Waals surface area contributed by atoms with Crippen molar-refractivity contribution in [1.29, 1.82) is 0 Å². The Morgan fingerprint density at radius 2 is 1.46 bits per heavy atom. The summed E-state index contributed by atoms with van der Waals surface area (Å²) < 4.78 is 0. The highest BCUT2D eigenvalue weighted by Crippen LogP contribution is 2.20. The van der Waals surface area contributed by atoms with Crippen molar-refractivity contribution in [2.75, 3.05) is 32.1 Å². The van der Waals surface area contributed by atoms with Crippen LogP contribution in [0, 0.1) is 10.1 Å². The molecule has 0 saturated carbocycles. The highest BCUT2D eigenvalue weighted by molar-refractivity contribution is 5.85. The van der Waals surface area contributed by atoms with Gasteiger partial charge in [0.05, 0.1) is 31.9 Å². The van der Waals surface area contributed by atoms with Gasteiger partial charge in [0.2, 0.25) is 0 Å². The Hall–Kier alpha value is -3.16. The molecule has 2 heterocycles. The molecule has 2 radical (unpaired) electrons. The molecule has 134 valence electrons. The zero-order valence-corrected chi connectivity index (χ0v) is 14.9. The second-order valence-electron chi connectivity index (χ2n) is 6.17. The van der Waals surface area contributed by atoms with Crippen molar-refractivity contribution < 1.29 is 4.92 Å². The van der Waals surface area contributed by atoms with Crippen molar-refractivity contribution in [3.8, 4) is 0 Å². The van der Waals surface area contributed by atoms with Gasteiger partial charge in [-0.2, -0.15) is 0 Å². The molecule has 1 aromatic rings. The van der Waals surface area contributed by atoms with Crippen LogP contribution in [-0.2, 0) is 0 Å². The van der Waals surface area contributed by atoms with E-state index in [1.54, 1.807) is 36.7 Å². The maximum absolute atomic E-state index is 10.9. The van der Waals surface area contributed by atoms with Crippen LogP contribution in [0.2, 0.25) is 0 Å². The molecule has 8 nitrogen and oxygen atoms in total. The number of nitro benzene ring substituents is 1. The Balaban J connectivity index is 1.68. The van der Waals surface area contributed by atoms with Gasteiger partial charge in [0, 0.05) is 30.9 Å². The zero-order valence-electron chi connectivity index (χ0n) is 14.9. The number of nitrogens with zero attached hydrogens (tertiary/aromatic N) is 6. The van der Waals surface area contributed by atoms with Crippen LogP contribution >= 0.6 is 0 Å². The van der Waals surface area contributed by atoms with E-state index < -0.39 is 0 Å². The van der Waals surface area contributed by atoms with E-state index >= 15 is 0 Å². The standard InChI is InChI=1S/C18H22N6O2/c1-21-13-9-19-17(21)7-11-23(12-8-18-20-10-14-22(18)2)15-3-5-16(6-4-15)24(25)26/h3-6,9-10,13-14H,7-8,11-12H2,1-2H3/q+2. The number of nitro groups is 1. The summed E-state index contributed by atoms with van der Waals surface area (Å²) in [5.74, 6) is 2.02. The minimum atomic E-state index is -0.379. The quantitative estimate of drug-likeness (QED) is 0.522. The lowest BCUT2D eigenvalue weighted by Gasteiger charge is -2.24. The summed E-state index contributed by atoms with van der Waals surface area (Å²) in [4.78, 5) is 25.5. The SMILES string of the molecule is CN1C=C[N+]=C1CCN(CCC1=[N+]C=CN1C)c1ccc([N+](=O)[O-])cc1. The fourth-order valence-corrected chi connectivity index (χ4v) is 2.90. The average Bonchev–Trinajstić information content (AvgIpc) is 3.23. The van der Waals surface area contributed by atoms with Gasteiger partial charge in [-0.1, -0.05) is 9.98 Å². The lowest BCUT2D eigenvalue weighted by atomic mass is 10.2. The maximum Gasteiger partial charge on any atom is 0.300 e. The zero-order chi connectivity index (χ0) is 18.5. The minimum Gasteiger partial charge on any atom is -0.370 e. The molecule has 26 heavy (non-hydrogen) atoms. The predicted octanol–water partition coefficient (Wildman–Crippen LogP) is 1.48. The van der Waals surface area contributed by atoms with E-state index in [0.717, 1.165) is 43.3 Å². The first-order chi connectivity index (χ1) is 12.5. The topological polar surface area (TPSA) is 81.1 Å². The average molecular weight is 354 g/mol. The van der Waals surface area contributed by atoms with Gasteiger partial charge in [0.25, 0.3) is 17.4 Å². The van der Waals surface area contributed by atoms with Gasteiger partial charge in [-0.05, 0) is 12.1 Å². The summed E-state index contributed by atoms with van der Waals surface area (Å²) in [5.41, 5.74) is 1.06. The van der Waals surface area contributed by atoms with Crippen LogP contribution in [0.15, 0.2) is 49.1 Å². The molecule has 2 aliphatic heterocycles. The molecule has 8 heteroatoms. The third-order valence-electron chi connectivity index (χ3n) is 4.48. The number of anilines is 1. The van der Waals surface area contributed by atoms with Gasteiger partial charge in [-0.3, -0.25) is 10.1 Å². The highest BCUT2D eigenvalue weighted by atomic mass is 16.6. The molecule has 0 atom stereocenters. The van der Waals surface area contributed by atoms with Crippen LogP contribution < -0.4 is 14.9 Å². The summed E-state index contributed by atoms with van der Waals surface area (Å²) in [7, 11) is 3.96. The molecule has 0 aromatic heterocycles. The molecule has 0 amide bonds. The van der Waals surface area contributed by atoms with E-state index in [1.165, 1.54) is 0 Å². The van der Waals surface area contributed by atoms with E-state index in [4.69, 9.17) is 0 Å². The van der Waals surface area contributed by atoms with Crippen LogP contribution in [0.25, 0.3) is 0 Å². The van der Waals surface area contributed by atoms with E-state index in [2.05, 4.69) is 14.9 Å². The first-order valence-electron chi connectivity index (χ1n) is 8.46. The minimum absolute atomic E-state index is 0.0990. The van der Waals surface area contributed by atoms with Gasteiger partial charge in [-0.15, -0.1) is 0 Å². The summed E-state index contributed by atoms with van der Waals surface area (Å²) in [6.07, 6.45) is 9.03. The van der Waals surface area contributed by atoms with Gasteiger partial charge < -0.3 is 4.90 Å². The smallest absolute Gasteiger partial charge is 0.300 e. The molecule has 0 fully saturated rings. The summed E-state index contributed by atoms with van der Waals surface area (Å²) in [6.45, 7) is 1.54. The van der Waals surface area contributed by atoms with Gasteiger partial charge in [-0.25, -0.2) is 9.80 Å². The number of non-ortho nitro benzene ring substituents is 1. The van der Waals surface area contributed by atoms with Crippen molar-refractivity contribution in [2.24, 2.45) is 0 Å². The number of hydrogen-bond donors (Lipinski definition) is 0. The molecule has 3 rings (SSSR count). The van der Waals surface area contributed by atoms with Crippen molar-refractivity contribution in [3.63, 3.8) is 0 Å². The largest absolute Gasteiger partial charge is 0.370 e. The lowest BCUT2D eigenvalue weighted by Crippen LogP contribution is -2.33. The normalized spacial score (nSPS) is 15.5. The van der Waals surface area contributed by atoms with Gasteiger partial charge in [0.15, 0.2) is 12.4 Å². The Morgan fingerprint density at radius 1 is 0.962 bits per heavy atom. The lowest BCUT2D eigenvalue weighted by molar-refractivity contribution is -0.384. The fraction of sp³-hybridized carbons (Fsp3) is 0.333. The van der Waals surface area contributed by atoms with Crippen molar-refractivity contribution in [1.82, 2.24) is 19.8 Å². The van der Waals surface area contributed by atoms with E-state index in [1.807, 2.05) is 36.3 Å². The van der Waals surface area contributed by atoms with Crippen molar-refractivity contribution >= 4 is 23.0 Å². The molecule has 0 N–H and O–H groups in total. The number of aliphatic imine (C=N–C) groups is 2. The Morgan fingerprint density at radius 3 is 1.85 bits per heavy atom. The predicted molar refractivity (Wildman–Crippen MR) is 103 cm³/mol. The van der Waals surface area contributed by atoms with Crippen LogP contribution in [0.1, 0.15) is 12.8 Å². The number of benzene rings is 1. The molecule has 0 saturated heterocycles. The monoisotopic (exact) mass is 354 g/mol. The number of amidine groups is 2. The van der Waals surface area contributed by atoms with Crippen LogP contribution in [0.3, 0.4) is 0 Å². The highest BCUT2D eigenvalue weighted by Gasteiger charge is 2.23. The van der Waals surface area contributed by atoms with Crippen LogP contribution in [-0.4, -0.2) is 53.6 Å². The third kappa shape index (κ3) is 4.08.